The molecule has 0 aliphatic carbocycles. The van der Waals surface area contributed by atoms with Gasteiger partial charge in [-0.25, -0.2) is 71.9 Å². The van der Waals surface area contributed by atoms with E-state index in [-0.39, 0.29) is 0 Å². The Morgan fingerprint density at radius 2 is 0.219 bits per heavy atom. The minimum Gasteiger partial charge on any atom is -0.469 e. The van der Waals surface area contributed by atoms with E-state index in [0.717, 1.165) is 56.9 Å². The fourth-order valence-electron chi connectivity index (χ4n) is 9.47. The number of aliphatic hydroxyl groups excluding tert-OH is 1. The molecule has 0 saturated heterocycles. The van der Waals surface area contributed by atoms with Gasteiger partial charge in [0.05, 0.1) is 210 Å². The number of hydrogen-bond donors (Lipinski definition) is 1. The summed E-state index contributed by atoms with van der Waals surface area (Å²) < 4.78 is 142. The Labute approximate surface area is 769 Å². The lowest BCUT2D eigenvalue weighted by atomic mass is 10.2. The first kappa shape index (κ1) is 121. The molecule has 61 nitrogen and oxygen atoms in total. The first-order valence-corrected chi connectivity index (χ1v) is 38.1. The van der Waals surface area contributed by atoms with Gasteiger partial charge < -0.3 is 147 Å². The Kier molecular flexibility index (Phi) is 55.9. The summed E-state index contributed by atoms with van der Waals surface area (Å²) in [6.45, 7) is 0. The first-order chi connectivity index (χ1) is 64.4. The summed E-state index contributed by atoms with van der Waals surface area (Å²) >= 11 is 0. The Balaban J connectivity index is 9.51. The average molecular weight is 1980 g/mol. The summed E-state index contributed by atoms with van der Waals surface area (Å²) in [5.74, 6) is -54.2. The largest absolute Gasteiger partial charge is 0.469 e. The molecule has 0 aromatic heterocycles. The fourth-order valence-corrected chi connectivity index (χ4v) is 9.47. The third-order valence-electron chi connectivity index (χ3n) is 16.4. The molecule has 0 rings (SSSR count). The van der Waals surface area contributed by atoms with Crippen molar-refractivity contribution in [3.8, 4) is 0 Å². The molecule has 0 aliphatic rings. The molecular formula is C76H94O61. The molecule has 0 bridgehead atoms. The second-order valence-electron chi connectivity index (χ2n) is 25.7. The lowest BCUT2D eigenvalue weighted by Crippen LogP contribution is -2.44. The summed E-state index contributed by atoms with van der Waals surface area (Å²) in [5.41, 5.74) is 0. The molecule has 0 unspecified atom stereocenters. The molecule has 0 heterocycles. The van der Waals surface area contributed by atoms with E-state index in [1.165, 1.54) is 0 Å². The lowest BCUT2D eigenvalue weighted by Gasteiger charge is -2.24. The molecule has 0 radical (unpaired) electrons. The third-order valence-corrected chi connectivity index (χ3v) is 16.4. The van der Waals surface area contributed by atoms with Crippen LogP contribution in [0.2, 0.25) is 0 Å². The average Bonchev–Trinajstić information content (AvgIpc) is 0.855. The van der Waals surface area contributed by atoms with Crippen LogP contribution in [0.1, 0.15) is 96.3 Å². The van der Waals surface area contributed by atoms with Gasteiger partial charge in [-0.15, -0.1) is 0 Å². The standard InChI is InChI=1S/C76H94O61/c1-108-47(78)18-33(63(94)116-9)124-56(87)27-42(71(102)132-37(67(98)120-13)22-51(82)112-5)129-58(89)26-41(73(104)136-45(75(106)134-39(69(100)122-15)24-53(84)114-7)30-59(90)126-35(65(96)118-11)20-49(80)110-3)128-55(86)17-32(77)62(93)131-44(74(105)137-46(76(107)135-40(70(101)123-16)25-54(85)115-8)31-60(91)127-36(66(97)119-12)21-50(81)111-4)29-61(92)130-43(72(103)133-38(68(99)121-14)23-52(83)113-6)28-57(88)125-34(64(95)117-10)19-48(79)109-2/h32-46,77H,17-31H2,1-16H3/t32-,33-,34-,35-,36-,37-,38-,39-,40-,41-,42-,43-,44-,45-,46-/m0/s1. The maximum atomic E-state index is 14.8. The monoisotopic (exact) mass is 1980 g/mol. The maximum absolute atomic E-state index is 14.8. The first-order valence-electron chi connectivity index (χ1n) is 38.1. The molecule has 137 heavy (non-hydrogen) atoms. The number of ether oxygens (including phenoxy) is 30. The van der Waals surface area contributed by atoms with Crippen molar-refractivity contribution in [1.29, 1.82) is 0 Å². The highest BCUT2D eigenvalue weighted by atomic mass is 16.7. The van der Waals surface area contributed by atoms with Gasteiger partial charge >= 0.3 is 179 Å². The summed E-state index contributed by atoms with van der Waals surface area (Å²) in [5, 5.41) is 11.6. The van der Waals surface area contributed by atoms with E-state index in [9.17, 15) is 149 Å². The SMILES string of the molecule is COC(=O)C[C@H](OC(=O)C[C@H](OC(=O)C[C@H](OC(=O)C[C@H](O)C(=O)O[C@@H](CC(=O)O[C@@H](CC(=O)O[C@@H](CC(=O)OC)C(=O)OC)C(=O)O[C@@H](CC(=O)OC)C(=O)OC)C(=O)O[C@@H](CC(=O)O[C@@H](CC(=O)OC)C(=O)OC)C(=O)O[C@@H](CC(=O)OC)C(=O)OC)C(=O)O[C@@H](CC(=O)O[C@@H](CC(=O)OC)C(=O)OC)C(=O)O[C@@H](CC(=O)OC)C(=O)OC)C(=O)O[C@@H](CC(=O)OC)C(=O)OC)C(=O)OC. The van der Waals surface area contributed by atoms with Crippen LogP contribution in [0, 0.1) is 0 Å². The highest BCUT2D eigenvalue weighted by molar-refractivity contribution is 5.97. The van der Waals surface area contributed by atoms with Gasteiger partial charge in [0, 0.05) is 0 Å². The topological polar surface area (TPSA) is 809 Å². The molecule has 764 valence electrons. The van der Waals surface area contributed by atoms with Crippen molar-refractivity contribution < 1.29 is 291 Å². The minimum atomic E-state index is -3.42. The van der Waals surface area contributed by atoms with Crippen LogP contribution in [0.5, 0.6) is 0 Å². The van der Waals surface area contributed by atoms with Crippen molar-refractivity contribution >= 4 is 179 Å². The van der Waals surface area contributed by atoms with Gasteiger partial charge in [0.25, 0.3) is 0 Å². The van der Waals surface area contributed by atoms with Crippen molar-refractivity contribution in [1.82, 2.24) is 0 Å². The summed E-state index contributed by atoms with van der Waals surface area (Å²) in [6.07, 6.45) is -65.3. The summed E-state index contributed by atoms with van der Waals surface area (Å²) in [4.78, 5) is 400. The van der Waals surface area contributed by atoms with E-state index < -0.39 is 367 Å². The van der Waals surface area contributed by atoms with Crippen LogP contribution in [0.4, 0.5) is 0 Å². The minimum absolute atomic E-state index is 0.639. The van der Waals surface area contributed by atoms with Crippen molar-refractivity contribution in [2.24, 2.45) is 0 Å². The Morgan fingerprint density at radius 1 is 0.124 bits per heavy atom. The van der Waals surface area contributed by atoms with E-state index in [1.54, 1.807) is 0 Å². The number of hydrogen-bond acceptors (Lipinski definition) is 61. The highest BCUT2D eigenvalue weighted by Gasteiger charge is 2.46. The molecule has 61 heteroatoms. The van der Waals surface area contributed by atoms with Gasteiger partial charge in [-0.2, -0.15) is 0 Å². The molecule has 0 amide bonds. The van der Waals surface area contributed by atoms with Crippen LogP contribution in [0.25, 0.3) is 0 Å². The van der Waals surface area contributed by atoms with Gasteiger partial charge in [0.15, 0.2) is 6.10 Å². The van der Waals surface area contributed by atoms with Crippen LogP contribution >= 0.6 is 0 Å². The zero-order chi connectivity index (χ0) is 105. The van der Waals surface area contributed by atoms with Gasteiger partial charge in [0.2, 0.25) is 85.5 Å². The van der Waals surface area contributed by atoms with Crippen molar-refractivity contribution in [3.05, 3.63) is 0 Å². The van der Waals surface area contributed by atoms with Gasteiger partial charge in [-0.05, 0) is 0 Å². The van der Waals surface area contributed by atoms with Crippen LogP contribution < -0.4 is 0 Å². The van der Waals surface area contributed by atoms with E-state index in [2.05, 4.69) is 75.8 Å². The smallest absolute Gasteiger partial charge is 0.348 e. The highest BCUT2D eigenvalue weighted by Crippen LogP contribution is 2.24. The number of methoxy groups -OCH3 is 16. The molecule has 0 aromatic rings. The Morgan fingerprint density at radius 3 is 0.343 bits per heavy atom. The molecule has 1 N–H and O–H groups in total. The van der Waals surface area contributed by atoms with Gasteiger partial charge in [-0.3, -0.25) is 71.9 Å². The predicted octanol–water partition coefficient (Wildman–Crippen LogP) is -8.27. The molecule has 0 saturated carbocycles. The van der Waals surface area contributed by atoms with Crippen LogP contribution in [-0.4, -0.2) is 390 Å². The van der Waals surface area contributed by atoms with Crippen LogP contribution in [0.3, 0.4) is 0 Å². The van der Waals surface area contributed by atoms with E-state index in [4.69, 9.17) is 66.3 Å². The third kappa shape index (κ3) is 45.4. The second kappa shape index (κ2) is 63.2. The molecule has 0 aromatic carbocycles. The predicted molar refractivity (Wildman–Crippen MR) is 406 cm³/mol. The molecule has 0 spiro atoms. The number of aliphatic hydroxyl groups is 1. The molecule has 0 fully saturated rings. The Bertz CT molecular complexity index is 4380. The molecule has 0 aliphatic heterocycles. The molecular weight excluding hydrogens is 1890 g/mol. The van der Waals surface area contributed by atoms with Crippen molar-refractivity contribution in [2.75, 3.05) is 114 Å². The molecule has 15 atom stereocenters. The van der Waals surface area contributed by atoms with Crippen molar-refractivity contribution in [2.45, 2.75) is 188 Å². The second-order valence-corrected chi connectivity index (χ2v) is 25.7. The number of rotatable bonds is 59. The van der Waals surface area contributed by atoms with Crippen LogP contribution in [0.15, 0.2) is 0 Å². The zero-order valence-electron chi connectivity index (χ0n) is 75.2. The van der Waals surface area contributed by atoms with E-state index in [0.29, 0.717) is 56.9 Å². The Hall–Kier alpha value is -15.9. The van der Waals surface area contributed by atoms with Crippen molar-refractivity contribution in [3.63, 3.8) is 0 Å². The summed E-state index contributed by atoms with van der Waals surface area (Å²) in [6, 6.07) is 0. The number of carbonyl (C=O) groups is 30. The fraction of sp³-hybridized carbons (Fsp3) is 0.605. The van der Waals surface area contributed by atoms with Gasteiger partial charge in [-0.1, -0.05) is 0 Å². The normalized spacial score (nSPS) is 13.7. The quantitative estimate of drug-likeness (QED) is 0.0436. The lowest BCUT2D eigenvalue weighted by molar-refractivity contribution is -0.193. The number of carbonyl (C=O) groups excluding carboxylic acids is 30. The van der Waals surface area contributed by atoms with Crippen LogP contribution in [-0.2, 0) is 286 Å². The van der Waals surface area contributed by atoms with E-state index in [1.807, 2.05) is 0 Å². The zero-order valence-corrected chi connectivity index (χ0v) is 75.2. The van der Waals surface area contributed by atoms with E-state index >= 15 is 0 Å². The maximum Gasteiger partial charge on any atom is 0.348 e. The number of esters is 30. The van der Waals surface area contributed by atoms with Gasteiger partial charge in [0.1, 0.15) is 0 Å². The summed E-state index contributed by atoms with van der Waals surface area (Å²) in [7, 11) is 11.5.